The van der Waals surface area contributed by atoms with E-state index in [4.69, 9.17) is 4.74 Å². The number of aliphatic carboxylic acids is 1. The van der Waals surface area contributed by atoms with Crippen molar-refractivity contribution in [2.75, 3.05) is 6.61 Å². The lowest BCUT2D eigenvalue weighted by molar-refractivity contribution is -0.306. The molecule has 140 valence electrons. The molecule has 0 aliphatic rings. The number of carbonyl (C=O) groups is 1. The molecule has 8 heteroatoms. The summed E-state index contributed by atoms with van der Waals surface area (Å²) in [5, 5.41) is 11.0. The molecule has 0 bridgehead atoms. The van der Waals surface area contributed by atoms with Gasteiger partial charge in [0, 0.05) is 12.4 Å². The Morgan fingerprint density at radius 1 is 1.15 bits per heavy atom. The van der Waals surface area contributed by atoms with E-state index in [1.54, 1.807) is 24.3 Å². The Kier molecular flexibility index (Phi) is 6.70. The van der Waals surface area contributed by atoms with E-state index in [2.05, 4.69) is 4.72 Å². The average molecular weight is 380 g/mol. The van der Waals surface area contributed by atoms with Gasteiger partial charge in [-0.3, -0.25) is 0 Å². The van der Waals surface area contributed by atoms with Gasteiger partial charge in [0.05, 0.1) is 17.5 Å². The SMILES string of the molecule is CCCOc1ccc([C@H](CC(=O)[O-])NS(=O)(=O)c2ccc(F)cc2)cc1. The summed E-state index contributed by atoms with van der Waals surface area (Å²) in [6, 6.07) is 9.67. The van der Waals surface area contributed by atoms with Gasteiger partial charge in [0.15, 0.2) is 0 Å². The third-order valence-electron chi connectivity index (χ3n) is 3.55. The van der Waals surface area contributed by atoms with Crippen LogP contribution in [0, 0.1) is 5.82 Å². The van der Waals surface area contributed by atoms with Crippen LogP contribution >= 0.6 is 0 Å². The lowest BCUT2D eigenvalue weighted by Crippen LogP contribution is -2.34. The van der Waals surface area contributed by atoms with E-state index in [9.17, 15) is 22.7 Å². The molecule has 2 aromatic carbocycles. The van der Waals surface area contributed by atoms with Crippen molar-refractivity contribution in [2.24, 2.45) is 0 Å². The third kappa shape index (κ3) is 5.53. The fourth-order valence-corrected chi connectivity index (χ4v) is 3.50. The van der Waals surface area contributed by atoms with E-state index in [1.807, 2.05) is 6.92 Å². The van der Waals surface area contributed by atoms with Crippen LogP contribution in [-0.2, 0) is 14.8 Å². The van der Waals surface area contributed by atoms with E-state index in [0.29, 0.717) is 17.9 Å². The molecule has 0 aliphatic heterocycles. The van der Waals surface area contributed by atoms with Gasteiger partial charge in [-0.1, -0.05) is 19.1 Å². The molecule has 0 heterocycles. The van der Waals surface area contributed by atoms with Crippen molar-refractivity contribution in [1.82, 2.24) is 4.72 Å². The summed E-state index contributed by atoms with van der Waals surface area (Å²) in [5.41, 5.74) is 0.448. The van der Waals surface area contributed by atoms with Crippen molar-refractivity contribution in [2.45, 2.75) is 30.7 Å². The number of hydrogen-bond donors (Lipinski definition) is 1. The fourth-order valence-electron chi connectivity index (χ4n) is 2.28. The second-order valence-electron chi connectivity index (χ2n) is 5.62. The Hall–Kier alpha value is -2.45. The molecule has 2 rings (SSSR count). The summed E-state index contributed by atoms with van der Waals surface area (Å²) in [7, 11) is -4.03. The van der Waals surface area contributed by atoms with Crippen LogP contribution in [0.4, 0.5) is 4.39 Å². The van der Waals surface area contributed by atoms with Gasteiger partial charge in [0.2, 0.25) is 10.0 Å². The third-order valence-corrected chi connectivity index (χ3v) is 5.04. The second kappa shape index (κ2) is 8.77. The molecule has 26 heavy (non-hydrogen) atoms. The highest BCUT2D eigenvalue weighted by atomic mass is 32.2. The van der Waals surface area contributed by atoms with Crippen LogP contribution in [0.2, 0.25) is 0 Å². The maximum absolute atomic E-state index is 13.0. The van der Waals surface area contributed by atoms with Crippen molar-refractivity contribution in [3.8, 4) is 5.75 Å². The molecule has 0 aromatic heterocycles. The molecular formula is C18H19FNO5S-. The number of hydrogen-bond acceptors (Lipinski definition) is 5. The molecule has 0 saturated heterocycles. The summed E-state index contributed by atoms with van der Waals surface area (Å²) < 4.78 is 45.7. The summed E-state index contributed by atoms with van der Waals surface area (Å²) in [6.45, 7) is 2.51. The Bertz CT molecular complexity index is 835. The minimum absolute atomic E-state index is 0.162. The number of halogens is 1. The molecule has 2 aromatic rings. The largest absolute Gasteiger partial charge is 0.550 e. The summed E-state index contributed by atoms with van der Waals surface area (Å²) in [5.74, 6) is -1.37. The van der Waals surface area contributed by atoms with Crippen molar-refractivity contribution in [3.63, 3.8) is 0 Å². The number of benzene rings is 2. The maximum atomic E-state index is 13.0. The summed E-state index contributed by atoms with van der Waals surface area (Å²) in [4.78, 5) is 10.9. The van der Waals surface area contributed by atoms with Gasteiger partial charge in [0.25, 0.3) is 0 Å². The average Bonchev–Trinajstić information content (AvgIpc) is 2.59. The van der Waals surface area contributed by atoms with Gasteiger partial charge in [0.1, 0.15) is 11.6 Å². The van der Waals surface area contributed by atoms with E-state index in [-0.39, 0.29) is 4.90 Å². The maximum Gasteiger partial charge on any atom is 0.241 e. The smallest absolute Gasteiger partial charge is 0.241 e. The highest BCUT2D eigenvalue weighted by Crippen LogP contribution is 2.23. The quantitative estimate of drug-likeness (QED) is 0.715. The van der Waals surface area contributed by atoms with Crippen LogP contribution in [0.5, 0.6) is 5.75 Å². The lowest BCUT2D eigenvalue weighted by atomic mass is 10.0. The van der Waals surface area contributed by atoms with Crippen LogP contribution < -0.4 is 14.6 Å². The van der Waals surface area contributed by atoms with Gasteiger partial charge >= 0.3 is 0 Å². The van der Waals surface area contributed by atoms with Crippen LogP contribution in [0.1, 0.15) is 31.4 Å². The number of nitrogens with one attached hydrogen (secondary N) is 1. The zero-order chi connectivity index (χ0) is 19.2. The highest BCUT2D eigenvalue weighted by Gasteiger charge is 2.22. The Labute approximate surface area is 151 Å². The molecule has 0 unspecified atom stereocenters. The van der Waals surface area contributed by atoms with E-state index < -0.39 is 34.3 Å². The number of carboxylic acid groups (broad SMARTS) is 1. The second-order valence-corrected chi connectivity index (χ2v) is 7.34. The first-order chi connectivity index (χ1) is 12.3. The molecule has 1 atom stereocenters. The van der Waals surface area contributed by atoms with E-state index >= 15 is 0 Å². The fraction of sp³-hybridized carbons (Fsp3) is 0.278. The molecule has 1 N–H and O–H groups in total. The van der Waals surface area contributed by atoms with Crippen LogP contribution in [0.15, 0.2) is 53.4 Å². The van der Waals surface area contributed by atoms with E-state index in [1.165, 1.54) is 0 Å². The molecular weight excluding hydrogens is 361 g/mol. The number of rotatable bonds is 9. The molecule has 0 amide bonds. The number of carboxylic acids is 1. The van der Waals surface area contributed by atoms with Crippen molar-refractivity contribution >= 4 is 16.0 Å². The normalized spacial score (nSPS) is 12.5. The topological polar surface area (TPSA) is 95.5 Å². The van der Waals surface area contributed by atoms with Crippen LogP contribution in [-0.4, -0.2) is 21.0 Å². The first kappa shape index (κ1) is 19.9. The molecule has 0 radical (unpaired) electrons. The van der Waals surface area contributed by atoms with Gasteiger partial charge in [-0.15, -0.1) is 0 Å². The first-order valence-corrected chi connectivity index (χ1v) is 9.50. The number of ether oxygens (including phenoxy) is 1. The van der Waals surface area contributed by atoms with Gasteiger partial charge in [-0.2, -0.15) is 0 Å². The van der Waals surface area contributed by atoms with Crippen molar-refractivity contribution in [3.05, 3.63) is 59.9 Å². The Morgan fingerprint density at radius 3 is 2.31 bits per heavy atom. The lowest BCUT2D eigenvalue weighted by Gasteiger charge is -2.20. The Balaban J connectivity index is 2.24. The van der Waals surface area contributed by atoms with E-state index in [0.717, 1.165) is 30.7 Å². The molecule has 0 aliphatic carbocycles. The standard InChI is InChI=1S/C18H20FNO5S/c1-2-11-25-15-7-3-13(4-8-15)17(12-18(21)22)20-26(23,24)16-9-5-14(19)6-10-16/h3-10,17,20H,2,11-12H2,1H3,(H,21,22)/p-1/t17-/m0/s1. The van der Waals surface area contributed by atoms with Crippen LogP contribution in [0.25, 0.3) is 0 Å². The van der Waals surface area contributed by atoms with Crippen molar-refractivity contribution in [1.29, 1.82) is 0 Å². The number of sulfonamides is 1. The predicted octanol–water partition coefficient (Wildman–Crippen LogP) is 1.77. The monoisotopic (exact) mass is 380 g/mol. The predicted molar refractivity (Wildman–Crippen MR) is 91.3 cm³/mol. The molecule has 6 nitrogen and oxygen atoms in total. The number of carbonyl (C=O) groups excluding carboxylic acids is 1. The minimum Gasteiger partial charge on any atom is -0.550 e. The first-order valence-electron chi connectivity index (χ1n) is 8.02. The van der Waals surface area contributed by atoms with Gasteiger partial charge < -0.3 is 14.6 Å². The zero-order valence-electron chi connectivity index (χ0n) is 14.1. The molecule has 0 fully saturated rings. The minimum atomic E-state index is -4.03. The van der Waals surface area contributed by atoms with Crippen molar-refractivity contribution < 1.29 is 27.4 Å². The molecule has 0 spiro atoms. The van der Waals surface area contributed by atoms with Crippen LogP contribution in [0.3, 0.4) is 0 Å². The van der Waals surface area contributed by atoms with Gasteiger partial charge in [-0.05, 0) is 48.4 Å². The van der Waals surface area contributed by atoms with Gasteiger partial charge in [-0.25, -0.2) is 17.5 Å². The highest BCUT2D eigenvalue weighted by molar-refractivity contribution is 7.89. The Morgan fingerprint density at radius 2 is 1.77 bits per heavy atom. The molecule has 0 saturated carbocycles. The zero-order valence-corrected chi connectivity index (χ0v) is 15.0. The summed E-state index contributed by atoms with van der Waals surface area (Å²) >= 11 is 0. The summed E-state index contributed by atoms with van der Waals surface area (Å²) in [6.07, 6.45) is 0.294.